The molecule has 1 aliphatic carbocycles. The van der Waals surface area contributed by atoms with E-state index in [1.807, 2.05) is 0 Å². The van der Waals surface area contributed by atoms with E-state index in [4.69, 9.17) is 9.88 Å². The first-order valence-electron chi connectivity index (χ1n) is 6.85. The average Bonchev–Trinajstić information content (AvgIpc) is 2.39. The molecular formula is C13H17FN2O5S. The molecule has 0 heterocycles. The number of nitrogens with zero attached hydrogens (tertiary/aromatic N) is 1. The van der Waals surface area contributed by atoms with Crippen molar-refractivity contribution in [1.29, 1.82) is 0 Å². The Bertz CT molecular complexity index is 656. The fraction of sp³-hybridized carbons (Fsp3) is 0.538. The lowest BCUT2D eigenvalue weighted by Gasteiger charge is -2.28. The van der Waals surface area contributed by atoms with Crippen molar-refractivity contribution in [1.82, 2.24) is 0 Å². The van der Waals surface area contributed by atoms with E-state index in [1.54, 1.807) is 0 Å². The molecule has 1 aromatic rings. The van der Waals surface area contributed by atoms with Crippen LogP contribution in [0.5, 0.6) is 5.75 Å². The molecule has 0 bridgehead atoms. The lowest BCUT2D eigenvalue weighted by atomic mass is 9.89. The van der Waals surface area contributed by atoms with Gasteiger partial charge in [0.1, 0.15) is 5.82 Å². The zero-order valence-corrected chi connectivity index (χ0v) is 12.6. The van der Waals surface area contributed by atoms with Crippen LogP contribution in [-0.2, 0) is 10.0 Å². The Labute approximate surface area is 127 Å². The number of ether oxygens (including phenoxy) is 1. The minimum atomic E-state index is -3.50. The Balaban J connectivity index is 1.99. The SMILES string of the molecule is NS(=O)(=O)CC1CCC(Oc2cc(F)ccc2[N+](=O)[O-])CC1. The number of primary sulfonamides is 1. The highest BCUT2D eigenvalue weighted by Gasteiger charge is 2.27. The largest absolute Gasteiger partial charge is 0.483 e. The summed E-state index contributed by atoms with van der Waals surface area (Å²) in [5, 5.41) is 15.9. The molecule has 0 spiro atoms. The van der Waals surface area contributed by atoms with Crippen molar-refractivity contribution >= 4 is 15.7 Å². The third-order valence-corrected chi connectivity index (χ3v) is 4.61. The lowest BCUT2D eigenvalue weighted by molar-refractivity contribution is -0.386. The number of nitro groups is 1. The Morgan fingerprint density at radius 2 is 1.95 bits per heavy atom. The van der Waals surface area contributed by atoms with E-state index in [0.29, 0.717) is 25.7 Å². The van der Waals surface area contributed by atoms with Gasteiger partial charge in [-0.2, -0.15) is 0 Å². The number of hydrogen-bond acceptors (Lipinski definition) is 5. The minimum Gasteiger partial charge on any atom is -0.483 e. The number of halogens is 1. The van der Waals surface area contributed by atoms with Crippen LogP contribution < -0.4 is 9.88 Å². The maximum atomic E-state index is 13.2. The summed E-state index contributed by atoms with van der Waals surface area (Å²) in [5.41, 5.74) is -0.284. The number of sulfonamides is 1. The molecular weight excluding hydrogens is 315 g/mol. The maximum absolute atomic E-state index is 13.2. The number of nitrogens with two attached hydrogens (primary N) is 1. The van der Waals surface area contributed by atoms with Gasteiger partial charge in [0.15, 0.2) is 5.75 Å². The molecule has 122 valence electrons. The van der Waals surface area contributed by atoms with E-state index in [0.717, 1.165) is 18.2 Å². The molecule has 0 saturated heterocycles. The topological polar surface area (TPSA) is 113 Å². The van der Waals surface area contributed by atoms with Gasteiger partial charge in [0.05, 0.1) is 16.8 Å². The Morgan fingerprint density at radius 3 is 2.50 bits per heavy atom. The standard InChI is InChI=1S/C13H17FN2O5S/c14-10-3-6-12(16(17)18)13(7-10)21-11-4-1-9(2-5-11)8-22(15,19)20/h3,6-7,9,11H,1-2,4-5,8H2,(H2,15,19,20). The van der Waals surface area contributed by atoms with E-state index in [2.05, 4.69) is 0 Å². The van der Waals surface area contributed by atoms with E-state index >= 15 is 0 Å². The number of hydrogen-bond donors (Lipinski definition) is 1. The molecule has 0 unspecified atom stereocenters. The molecule has 2 rings (SSSR count). The molecule has 1 fully saturated rings. The molecule has 0 atom stereocenters. The minimum absolute atomic E-state index is 0.0302. The van der Waals surface area contributed by atoms with Crippen molar-refractivity contribution in [2.45, 2.75) is 31.8 Å². The second kappa shape index (κ2) is 6.57. The first-order valence-corrected chi connectivity index (χ1v) is 8.57. The normalized spacial score (nSPS) is 22.3. The van der Waals surface area contributed by atoms with Crippen molar-refractivity contribution in [2.24, 2.45) is 11.1 Å². The molecule has 0 aromatic heterocycles. The average molecular weight is 332 g/mol. The summed E-state index contributed by atoms with van der Waals surface area (Å²) in [6.45, 7) is 0. The zero-order valence-electron chi connectivity index (χ0n) is 11.8. The molecule has 7 nitrogen and oxygen atoms in total. The quantitative estimate of drug-likeness (QED) is 0.654. The summed E-state index contributed by atoms with van der Waals surface area (Å²) in [6.07, 6.45) is 2.01. The van der Waals surface area contributed by atoms with Gasteiger partial charge in [0.2, 0.25) is 10.0 Å². The van der Waals surface area contributed by atoms with Crippen molar-refractivity contribution in [2.75, 3.05) is 5.75 Å². The van der Waals surface area contributed by atoms with Gasteiger partial charge in [-0.25, -0.2) is 17.9 Å². The van der Waals surface area contributed by atoms with Gasteiger partial charge in [-0.05, 0) is 37.7 Å². The second-order valence-electron chi connectivity index (χ2n) is 5.46. The first kappa shape index (κ1) is 16.6. The predicted molar refractivity (Wildman–Crippen MR) is 77.4 cm³/mol. The third-order valence-electron chi connectivity index (χ3n) is 3.67. The molecule has 0 radical (unpaired) electrons. The Morgan fingerprint density at radius 1 is 1.32 bits per heavy atom. The molecule has 9 heteroatoms. The molecule has 1 saturated carbocycles. The van der Waals surface area contributed by atoms with Gasteiger partial charge in [-0.1, -0.05) is 0 Å². The molecule has 2 N–H and O–H groups in total. The van der Waals surface area contributed by atoms with Crippen molar-refractivity contribution in [3.05, 3.63) is 34.1 Å². The second-order valence-corrected chi connectivity index (χ2v) is 7.12. The van der Waals surface area contributed by atoms with Crippen LogP contribution >= 0.6 is 0 Å². The molecule has 0 aliphatic heterocycles. The monoisotopic (exact) mass is 332 g/mol. The smallest absolute Gasteiger partial charge is 0.311 e. The van der Waals surface area contributed by atoms with Crippen molar-refractivity contribution in [3.63, 3.8) is 0 Å². The third kappa shape index (κ3) is 4.63. The van der Waals surface area contributed by atoms with Crippen LogP contribution in [0.3, 0.4) is 0 Å². The van der Waals surface area contributed by atoms with Crippen LogP contribution in [0.1, 0.15) is 25.7 Å². The van der Waals surface area contributed by atoms with Gasteiger partial charge in [-0.15, -0.1) is 0 Å². The van der Waals surface area contributed by atoms with Crippen LogP contribution in [0.2, 0.25) is 0 Å². The number of rotatable bonds is 5. The molecule has 1 aromatic carbocycles. The van der Waals surface area contributed by atoms with Crippen molar-refractivity contribution in [3.8, 4) is 5.75 Å². The molecule has 0 amide bonds. The highest BCUT2D eigenvalue weighted by atomic mass is 32.2. The van der Waals surface area contributed by atoms with Crippen LogP contribution in [0, 0.1) is 21.8 Å². The van der Waals surface area contributed by atoms with Gasteiger partial charge in [-0.3, -0.25) is 10.1 Å². The maximum Gasteiger partial charge on any atom is 0.311 e. The van der Waals surface area contributed by atoms with Gasteiger partial charge in [0.25, 0.3) is 0 Å². The molecule has 1 aliphatic rings. The van der Waals surface area contributed by atoms with Crippen LogP contribution in [-0.4, -0.2) is 25.2 Å². The fourth-order valence-corrected chi connectivity index (χ4v) is 3.65. The highest BCUT2D eigenvalue weighted by molar-refractivity contribution is 7.89. The van der Waals surface area contributed by atoms with E-state index in [-0.39, 0.29) is 29.2 Å². The van der Waals surface area contributed by atoms with E-state index < -0.39 is 20.8 Å². The predicted octanol–water partition coefficient (Wildman–Crippen LogP) is 1.96. The highest BCUT2D eigenvalue weighted by Crippen LogP contribution is 2.33. The summed E-state index contributed by atoms with van der Waals surface area (Å²) in [4.78, 5) is 10.3. The van der Waals surface area contributed by atoms with E-state index in [9.17, 15) is 22.9 Å². The van der Waals surface area contributed by atoms with Crippen LogP contribution in [0.15, 0.2) is 18.2 Å². The Hall–Kier alpha value is -1.74. The summed E-state index contributed by atoms with van der Waals surface area (Å²) in [6, 6.07) is 3.07. The number of nitro benzene ring substituents is 1. The lowest BCUT2D eigenvalue weighted by Crippen LogP contribution is -2.30. The van der Waals surface area contributed by atoms with Gasteiger partial charge >= 0.3 is 5.69 Å². The summed E-state index contributed by atoms with van der Waals surface area (Å²) in [7, 11) is -3.50. The summed E-state index contributed by atoms with van der Waals surface area (Å²) < 4.78 is 40.9. The van der Waals surface area contributed by atoms with Gasteiger partial charge in [0, 0.05) is 12.1 Å². The van der Waals surface area contributed by atoms with E-state index in [1.165, 1.54) is 0 Å². The Kier molecular flexibility index (Phi) is 4.97. The first-order chi connectivity index (χ1) is 10.2. The number of benzene rings is 1. The van der Waals surface area contributed by atoms with Crippen LogP contribution in [0.25, 0.3) is 0 Å². The zero-order chi connectivity index (χ0) is 16.3. The van der Waals surface area contributed by atoms with Crippen LogP contribution in [0.4, 0.5) is 10.1 Å². The molecule has 22 heavy (non-hydrogen) atoms. The van der Waals surface area contributed by atoms with Crippen molar-refractivity contribution < 1.29 is 22.5 Å². The summed E-state index contributed by atoms with van der Waals surface area (Å²) >= 11 is 0. The fourth-order valence-electron chi connectivity index (χ4n) is 2.66. The van der Waals surface area contributed by atoms with Gasteiger partial charge < -0.3 is 4.74 Å². The summed E-state index contributed by atoms with van der Waals surface area (Å²) in [5.74, 6) is -0.805.